The van der Waals surface area contributed by atoms with E-state index in [1.165, 1.54) is 46.5 Å². The van der Waals surface area contributed by atoms with E-state index in [4.69, 9.17) is 16.3 Å². The normalized spacial score (nSPS) is 11.2. The molecule has 0 saturated heterocycles. The second kappa shape index (κ2) is 9.61. The van der Waals surface area contributed by atoms with Crippen LogP contribution in [0.4, 0.5) is 10.8 Å². The van der Waals surface area contributed by atoms with Gasteiger partial charge in [0, 0.05) is 28.5 Å². The first-order chi connectivity index (χ1) is 15.8. The Bertz CT molecular complexity index is 1370. The van der Waals surface area contributed by atoms with E-state index in [1.54, 1.807) is 29.8 Å². The fourth-order valence-electron chi connectivity index (χ4n) is 2.76. The molecule has 1 amide bonds. The number of thiazole rings is 1. The summed E-state index contributed by atoms with van der Waals surface area (Å²) in [5.41, 5.74) is 1.51. The van der Waals surface area contributed by atoms with Crippen molar-refractivity contribution in [1.82, 2.24) is 14.8 Å². The van der Waals surface area contributed by atoms with E-state index in [2.05, 4.69) is 20.1 Å². The van der Waals surface area contributed by atoms with Crippen LogP contribution in [0.5, 0.6) is 5.75 Å². The summed E-state index contributed by atoms with van der Waals surface area (Å²) in [6.07, 6.45) is 3.13. The third kappa shape index (κ3) is 5.69. The summed E-state index contributed by atoms with van der Waals surface area (Å²) in [7, 11) is -3.76. The van der Waals surface area contributed by atoms with Gasteiger partial charge in [0.15, 0.2) is 17.6 Å². The minimum absolute atomic E-state index is 0.0505. The van der Waals surface area contributed by atoms with Gasteiger partial charge in [0.25, 0.3) is 15.9 Å². The van der Waals surface area contributed by atoms with Crippen LogP contribution in [0.15, 0.2) is 71.2 Å². The van der Waals surface area contributed by atoms with Crippen molar-refractivity contribution in [3.05, 3.63) is 82.6 Å². The van der Waals surface area contributed by atoms with Crippen molar-refractivity contribution in [2.45, 2.75) is 18.6 Å². The molecule has 33 heavy (non-hydrogen) atoms. The summed E-state index contributed by atoms with van der Waals surface area (Å²) in [6, 6.07) is 12.7. The predicted molar refractivity (Wildman–Crippen MR) is 126 cm³/mol. The molecule has 0 spiro atoms. The van der Waals surface area contributed by atoms with E-state index in [0.717, 1.165) is 5.56 Å². The molecule has 0 saturated carbocycles. The van der Waals surface area contributed by atoms with Crippen LogP contribution in [0.1, 0.15) is 16.1 Å². The number of aryl methyl sites for hydroxylation is 1. The standard InChI is InChI=1S/C21H18ClN5O4S2/c1-14-12-16(4-7-18(14)22)31-13-27-10-8-19(25-27)20(28)24-15-2-5-17(6-3-15)33(29,30)26-21-23-9-11-32-21/h2-12H,13H2,1H3,(H,23,26)(H,24,28). The number of anilines is 2. The van der Waals surface area contributed by atoms with Crippen LogP contribution < -0.4 is 14.8 Å². The molecule has 0 aliphatic heterocycles. The third-order valence-electron chi connectivity index (χ3n) is 4.44. The molecule has 2 aromatic carbocycles. The number of carbonyl (C=O) groups excluding carboxylic acids is 1. The number of nitrogens with zero attached hydrogens (tertiary/aromatic N) is 3. The maximum absolute atomic E-state index is 12.5. The van der Waals surface area contributed by atoms with Crippen LogP contribution in [-0.4, -0.2) is 29.1 Å². The Morgan fingerprint density at radius 1 is 1.18 bits per heavy atom. The van der Waals surface area contributed by atoms with Gasteiger partial charge in [-0.1, -0.05) is 11.6 Å². The van der Waals surface area contributed by atoms with Crippen molar-refractivity contribution < 1.29 is 17.9 Å². The Hall–Kier alpha value is -3.41. The van der Waals surface area contributed by atoms with Gasteiger partial charge in [0.1, 0.15) is 5.75 Å². The largest absolute Gasteiger partial charge is 0.471 e. The molecule has 2 N–H and O–H groups in total. The first-order valence-electron chi connectivity index (χ1n) is 9.56. The van der Waals surface area contributed by atoms with Gasteiger partial charge in [-0.15, -0.1) is 11.3 Å². The Morgan fingerprint density at radius 2 is 1.97 bits per heavy atom. The van der Waals surface area contributed by atoms with Gasteiger partial charge in [-0.05, 0) is 61.0 Å². The highest BCUT2D eigenvalue weighted by atomic mass is 35.5. The van der Waals surface area contributed by atoms with Crippen molar-refractivity contribution in [3.63, 3.8) is 0 Å². The summed E-state index contributed by atoms with van der Waals surface area (Å²) >= 11 is 7.19. The Morgan fingerprint density at radius 3 is 2.67 bits per heavy atom. The van der Waals surface area contributed by atoms with Crippen molar-refractivity contribution in [2.24, 2.45) is 0 Å². The Labute approximate surface area is 199 Å². The molecule has 0 aliphatic rings. The van der Waals surface area contributed by atoms with Crippen LogP contribution >= 0.6 is 22.9 Å². The molecule has 9 nitrogen and oxygen atoms in total. The molecule has 0 radical (unpaired) electrons. The smallest absolute Gasteiger partial charge is 0.276 e. The molecule has 0 unspecified atom stereocenters. The summed E-state index contributed by atoms with van der Waals surface area (Å²) in [5.74, 6) is 0.199. The van der Waals surface area contributed by atoms with Crippen LogP contribution in [-0.2, 0) is 16.8 Å². The van der Waals surface area contributed by atoms with Gasteiger partial charge < -0.3 is 10.1 Å². The van der Waals surface area contributed by atoms with Gasteiger partial charge in [0.2, 0.25) is 0 Å². The highest BCUT2D eigenvalue weighted by molar-refractivity contribution is 7.93. The molecule has 170 valence electrons. The molecular weight excluding hydrogens is 486 g/mol. The monoisotopic (exact) mass is 503 g/mol. The number of ether oxygens (including phenoxy) is 1. The second-order valence-corrected chi connectivity index (χ2v) is 9.83. The lowest BCUT2D eigenvalue weighted by atomic mass is 10.2. The summed E-state index contributed by atoms with van der Waals surface area (Å²) in [4.78, 5) is 16.5. The predicted octanol–water partition coefficient (Wildman–Crippen LogP) is 4.39. The average molecular weight is 504 g/mol. The minimum Gasteiger partial charge on any atom is -0.471 e. The molecular formula is C21H18ClN5O4S2. The summed E-state index contributed by atoms with van der Waals surface area (Å²) < 4.78 is 34.3. The fraction of sp³-hybridized carbons (Fsp3) is 0.0952. The number of hydrogen-bond donors (Lipinski definition) is 2. The van der Waals surface area contributed by atoms with E-state index in [-0.39, 0.29) is 22.5 Å². The highest BCUT2D eigenvalue weighted by Crippen LogP contribution is 2.22. The Kier molecular flexibility index (Phi) is 6.63. The molecule has 12 heteroatoms. The van der Waals surface area contributed by atoms with Crippen LogP contribution in [0.25, 0.3) is 0 Å². The number of halogens is 1. The van der Waals surface area contributed by atoms with Crippen molar-refractivity contribution in [1.29, 1.82) is 0 Å². The van der Waals surface area contributed by atoms with Crippen molar-refractivity contribution >= 4 is 49.7 Å². The van der Waals surface area contributed by atoms with Gasteiger partial charge in [0.05, 0.1) is 4.90 Å². The van der Waals surface area contributed by atoms with Crippen LogP contribution in [0, 0.1) is 6.92 Å². The minimum atomic E-state index is -3.76. The van der Waals surface area contributed by atoms with Crippen molar-refractivity contribution in [2.75, 3.05) is 10.0 Å². The maximum atomic E-state index is 12.5. The number of sulfonamides is 1. The molecule has 2 heterocycles. The number of carbonyl (C=O) groups is 1. The van der Waals surface area contributed by atoms with E-state index in [9.17, 15) is 13.2 Å². The SMILES string of the molecule is Cc1cc(OCn2ccc(C(=O)Nc3ccc(S(=O)(=O)Nc4nccs4)cc3)n2)ccc1Cl. The zero-order valence-electron chi connectivity index (χ0n) is 17.2. The van der Waals surface area contributed by atoms with Crippen LogP contribution in [0.2, 0.25) is 5.02 Å². The summed E-state index contributed by atoms with van der Waals surface area (Å²) in [5, 5.41) is 9.49. The van der Waals surface area contributed by atoms with E-state index in [0.29, 0.717) is 16.5 Å². The second-order valence-electron chi connectivity index (χ2n) is 6.85. The average Bonchev–Trinajstić information content (AvgIpc) is 3.47. The molecule has 2 aromatic heterocycles. The lowest BCUT2D eigenvalue weighted by Crippen LogP contribution is -2.15. The lowest BCUT2D eigenvalue weighted by Gasteiger charge is -2.08. The van der Waals surface area contributed by atoms with E-state index in [1.807, 2.05) is 13.0 Å². The fourth-order valence-corrected chi connectivity index (χ4v) is 4.67. The van der Waals surface area contributed by atoms with Gasteiger partial charge in [-0.25, -0.2) is 18.1 Å². The van der Waals surface area contributed by atoms with E-state index >= 15 is 0 Å². The lowest BCUT2D eigenvalue weighted by molar-refractivity contribution is 0.102. The molecule has 0 atom stereocenters. The highest BCUT2D eigenvalue weighted by Gasteiger charge is 2.16. The first kappa shape index (κ1) is 22.8. The number of nitrogens with one attached hydrogen (secondary N) is 2. The first-order valence-corrected chi connectivity index (χ1v) is 12.3. The molecule has 4 rings (SSSR count). The molecule has 0 aliphatic carbocycles. The maximum Gasteiger partial charge on any atom is 0.276 e. The van der Waals surface area contributed by atoms with Gasteiger partial charge in [-0.3, -0.25) is 9.52 Å². The summed E-state index contributed by atoms with van der Waals surface area (Å²) in [6.45, 7) is 2.00. The number of hydrogen-bond acceptors (Lipinski definition) is 7. The number of rotatable bonds is 8. The number of amides is 1. The molecule has 4 aromatic rings. The van der Waals surface area contributed by atoms with E-state index < -0.39 is 15.9 Å². The zero-order chi connectivity index (χ0) is 23.4. The molecule has 0 bridgehead atoms. The number of aromatic nitrogens is 3. The Balaban J connectivity index is 1.35. The van der Waals surface area contributed by atoms with Crippen molar-refractivity contribution in [3.8, 4) is 5.75 Å². The topological polar surface area (TPSA) is 115 Å². The van der Waals surface area contributed by atoms with Gasteiger partial charge >= 0.3 is 0 Å². The quantitative estimate of drug-likeness (QED) is 0.368. The van der Waals surface area contributed by atoms with Gasteiger partial charge in [-0.2, -0.15) is 5.10 Å². The molecule has 0 fully saturated rings. The zero-order valence-corrected chi connectivity index (χ0v) is 19.6. The van der Waals surface area contributed by atoms with Crippen LogP contribution in [0.3, 0.4) is 0 Å². The number of benzene rings is 2. The third-order valence-corrected chi connectivity index (χ3v) is 7.04.